The second-order valence-corrected chi connectivity index (χ2v) is 10.3. The van der Waals surface area contributed by atoms with Gasteiger partial charge in [0.1, 0.15) is 4.90 Å². The Labute approximate surface area is 193 Å². The predicted molar refractivity (Wildman–Crippen MR) is 126 cm³/mol. The molecule has 0 saturated heterocycles. The number of hydrogen-bond donors (Lipinski definition) is 1. The highest BCUT2D eigenvalue weighted by Crippen LogP contribution is 2.30. The molecule has 0 spiro atoms. The summed E-state index contributed by atoms with van der Waals surface area (Å²) in [6.07, 6.45) is 0. The molecule has 1 amide bonds. The standard InChI is InChI=1S/C21H15Cl2N3O3S2/c1-26(15-9-7-14(22)8-10-15)31(28,29)19-12-13(6-11-16(19)23)20(27)25-21-24-17-4-2-3-5-18(17)30-21/h2-12H,1H3,(H,24,25,27). The van der Waals surface area contributed by atoms with Gasteiger partial charge in [-0.05, 0) is 54.6 Å². The van der Waals surface area contributed by atoms with Crippen molar-refractivity contribution in [1.29, 1.82) is 0 Å². The van der Waals surface area contributed by atoms with E-state index in [0.29, 0.717) is 15.8 Å². The van der Waals surface area contributed by atoms with Gasteiger partial charge in [0.2, 0.25) is 0 Å². The van der Waals surface area contributed by atoms with Gasteiger partial charge in [-0.1, -0.05) is 46.7 Å². The molecule has 0 atom stereocenters. The van der Waals surface area contributed by atoms with Crippen molar-refractivity contribution in [2.24, 2.45) is 0 Å². The summed E-state index contributed by atoms with van der Waals surface area (Å²) in [6.45, 7) is 0. The van der Waals surface area contributed by atoms with Gasteiger partial charge in [0.15, 0.2) is 5.13 Å². The number of nitrogens with one attached hydrogen (secondary N) is 1. The summed E-state index contributed by atoms with van der Waals surface area (Å²) in [5, 5.41) is 3.63. The van der Waals surface area contributed by atoms with Crippen LogP contribution < -0.4 is 9.62 Å². The minimum atomic E-state index is -4.02. The fourth-order valence-electron chi connectivity index (χ4n) is 2.87. The van der Waals surface area contributed by atoms with Crippen LogP contribution in [0.5, 0.6) is 0 Å². The van der Waals surface area contributed by atoms with E-state index >= 15 is 0 Å². The smallest absolute Gasteiger partial charge is 0.265 e. The number of halogens is 2. The summed E-state index contributed by atoms with van der Waals surface area (Å²) in [5.74, 6) is -0.485. The molecule has 6 nitrogen and oxygen atoms in total. The Hall–Kier alpha value is -2.65. The molecule has 4 aromatic rings. The van der Waals surface area contributed by atoms with Gasteiger partial charge in [0.25, 0.3) is 15.9 Å². The van der Waals surface area contributed by atoms with Gasteiger partial charge in [-0.2, -0.15) is 0 Å². The number of sulfonamides is 1. The Balaban J connectivity index is 1.64. The molecule has 31 heavy (non-hydrogen) atoms. The summed E-state index contributed by atoms with van der Waals surface area (Å²) in [5.41, 5.74) is 1.32. The Bertz CT molecular complexity index is 1350. The van der Waals surface area contributed by atoms with Crippen molar-refractivity contribution in [3.8, 4) is 0 Å². The van der Waals surface area contributed by atoms with Crippen molar-refractivity contribution in [1.82, 2.24) is 4.98 Å². The van der Waals surface area contributed by atoms with E-state index < -0.39 is 15.9 Å². The van der Waals surface area contributed by atoms with E-state index in [2.05, 4.69) is 10.3 Å². The van der Waals surface area contributed by atoms with Crippen LogP contribution >= 0.6 is 34.5 Å². The maximum Gasteiger partial charge on any atom is 0.265 e. The second-order valence-electron chi connectivity index (χ2n) is 6.54. The molecule has 1 heterocycles. The molecule has 0 fully saturated rings. The Morgan fingerprint density at radius 1 is 1.03 bits per heavy atom. The molecule has 0 radical (unpaired) electrons. The quantitative estimate of drug-likeness (QED) is 0.389. The number of amides is 1. The van der Waals surface area contributed by atoms with Gasteiger partial charge in [0, 0.05) is 17.6 Å². The first-order valence-corrected chi connectivity index (χ1v) is 12.0. The lowest BCUT2D eigenvalue weighted by molar-refractivity contribution is 0.102. The molecular formula is C21H15Cl2N3O3S2. The van der Waals surface area contributed by atoms with E-state index in [9.17, 15) is 13.2 Å². The molecule has 1 N–H and O–H groups in total. The van der Waals surface area contributed by atoms with E-state index in [1.54, 1.807) is 24.3 Å². The number of fused-ring (bicyclic) bond motifs is 1. The molecular weight excluding hydrogens is 477 g/mol. The number of anilines is 2. The van der Waals surface area contributed by atoms with Crippen LogP contribution in [0.15, 0.2) is 71.6 Å². The maximum atomic E-state index is 13.2. The average molecular weight is 492 g/mol. The van der Waals surface area contributed by atoms with Crippen molar-refractivity contribution < 1.29 is 13.2 Å². The number of carbonyl (C=O) groups is 1. The number of aromatic nitrogens is 1. The summed E-state index contributed by atoms with van der Waals surface area (Å²) >= 11 is 13.4. The SMILES string of the molecule is CN(c1ccc(Cl)cc1)S(=O)(=O)c1cc(C(=O)Nc2nc3ccccc3s2)ccc1Cl. The molecule has 4 rings (SSSR count). The monoisotopic (exact) mass is 491 g/mol. The van der Waals surface area contributed by atoms with Gasteiger partial charge < -0.3 is 0 Å². The van der Waals surface area contributed by atoms with Crippen molar-refractivity contribution in [2.45, 2.75) is 4.90 Å². The summed E-state index contributed by atoms with van der Waals surface area (Å²) in [4.78, 5) is 16.9. The Morgan fingerprint density at radius 3 is 2.45 bits per heavy atom. The molecule has 0 bridgehead atoms. The van der Waals surface area contributed by atoms with Crippen molar-refractivity contribution >= 4 is 71.5 Å². The number of thiazole rings is 1. The number of carbonyl (C=O) groups excluding carboxylic acids is 1. The maximum absolute atomic E-state index is 13.2. The van der Waals surface area contributed by atoms with Crippen LogP contribution in [-0.4, -0.2) is 26.4 Å². The lowest BCUT2D eigenvalue weighted by Crippen LogP contribution is -2.27. The van der Waals surface area contributed by atoms with Gasteiger partial charge in [-0.25, -0.2) is 13.4 Å². The molecule has 158 valence electrons. The van der Waals surface area contributed by atoms with Gasteiger partial charge in [-0.15, -0.1) is 0 Å². The molecule has 10 heteroatoms. The molecule has 0 unspecified atom stereocenters. The fraction of sp³-hybridized carbons (Fsp3) is 0.0476. The van der Waals surface area contributed by atoms with Crippen LogP contribution in [0, 0.1) is 0 Å². The lowest BCUT2D eigenvalue weighted by Gasteiger charge is -2.20. The average Bonchev–Trinajstić information content (AvgIpc) is 3.16. The number of benzene rings is 3. The minimum Gasteiger partial charge on any atom is -0.298 e. The molecule has 0 aliphatic carbocycles. The van der Waals surface area contributed by atoms with Crippen molar-refractivity contribution in [3.63, 3.8) is 0 Å². The van der Waals surface area contributed by atoms with Gasteiger partial charge in [-0.3, -0.25) is 14.4 Å². The first-order chi connectivity index (χ1) is 14.8. The zero-order chi connectivity index (χ0) is 22.2. The van der Waals surface area contributed by atoms with E-state index in [1.165, 1.54) is 36.6 Å². The number of nitrogens with zero attached hydrogens (tertiary/aromatic N) is 2. The fourth-order valence-corrected chi connectivity index (χ4v) is 5.56. The lowest BCUT2D eigenvalue weighted by atomic mass is 10.2. The third-order valence-corrected chi connectivity index (χ3v) is 8.01. The topological polar surface area (TPSA) is 79.4 Å². The minimum absolute atomic E-state index is 0.0114. The molecule has 0 aliphatic heterocycles. The van der Waals surface area contributed by atoms with E-state index in [1.807, 2.05) is 24.3 Å². The second kappa shape index (κ2) is 8.47. The third kappa shape index (κ3) is 4.38. The van der Waals surface area contributed by atoms with Crippen LogP contribution in [-0.2, 0) is 10.0 Å². The zero-order valence-corrected chi connectivity index (χ0v) is 19.2. The highest BCUT2D eigenvalue weighted by atomic mass is 35.5. The van der Waals surface area contributed by atoms with Gasteiger partial charge in [0.05, 0.1) is 20.9 Å². The normalized spacial score (nSPS) is 11.5. The molecule has 0 saturated carbocycles. The van der Waals surface area contributed by atoms with E-state index in [-0.39, 0.29) is 15.5 Å². The first-order valence-electron chi connectivity index (χ1n) is 8.97. The highest BCUT2D eigenvalue weighted by molar-refractivity contribution is 7.93. The predicted octanol–water partition coefficient (Wildman–Crippen LogP) is 5.68. The number of para-hydroxylation sites is 1. The van der Waals surface area contributed by atoms with Crippen LogP contribution in [0.4, 0.5) is 10.8 Å². The largest absolute Gasteiger partial charge is 0.298 e. The Morgan fingerprint density at radius 2 is 1.74 bits per heavy atom. The van der Waals surface area contributed by atoms with E-state index in [0.717, 1.165) is 14.5 Å². The van der Waals surface area contributed by atoms with Crippen molar-refractivity contribution in [3.05, 3.63) is 82.3 Å². The van der Waals surface area contributed by atoms with Crippen molar-refractivity contribution in [2.75, 3.05) is 16.7 Å². The summed E-state index contributed by atoms with van der Waals surface area (Å²) in [7, 11) is -2.61. The van der Waals surface area contributed by atoms with Gasteiger partial charge >= 0.3 is 0 Å². The van der Waals surface area contributed by atoms with Crippen LogP contribution in [0.3, 0.4) is 0 Å². The summed E-state index contributed by atoms with van der Waals surface area (Å²) < 4.78 is 28.3. The van der Waals surface area contributed by atoms with Crippen LogP contribution in [0.1, 0.15) is 10.4 Å². The number of hydrogen-bond acceptors (Lipinski definition) is 5. The van der Waals surface area contributed by atoms with Crippen LogP contribution in [0.25, 0.3) is 10.2 Å². The number of rotatable bonds is 5. The first kappa shape index (κ1) is 21.6. The van der Waals surface area contributed by atoms with E-state index in [4.69, 9.17) is 23.2 Å². The molecule has 1 aromatic heterocycles. The molecule has 0 aliphatic rings. The third-order valence-electron chi connectivity index (χ3n) is 4.54. The molecule has 3 aromatic carbocycles. The Kier molecular flexibility index (Phi) is 5.90. The highest BCUT2D eigenvalue weighted by Gasteiger charge is 2.25. The summed E-state index contributed by atoms with van der Waals surface area (Å²) in [6, 6.07) is 18.0. The zero-order valence-electron chi connectivity index (χ0n) is 16.0. The van der Waals surface area contributed by atoms with Crippen LogP contribution in [0.2, 0.25) is 10.0 Å².